The van der Waals surface area contributed by atoms with Crippen molar-refractivity contribution in [1.82, 2.24) is 15.4 Å². The van der Waals surface area contributed by atoms with E-state index in [2.05, 4.69) is 31.3 Å². The van der Waals surface area contributed by atoms with Gasteiger partial charge in [0.2, 0.25) is 0 Å². The van der Waals surface area contributed by atoms with E-state index in [1.165, 1.54) is 12.2 Å². The van der Waals surface area contributed by atoms with Crippen LogP contribution in [0.4, 0.5) is 0 Å². The molecule has 0 bridgehead atoms. The van der Waals surface area contributed by atoms with E-state index in [0.29, 0.717) is 27.4 Å². The second kappa shape index (κ2) is 8.27. The van der Waals surface area contributed by atoms with Crippen LogP contribution in [0.25, 0.3) is 28.8 Å². The number of benzene rings is 1. The first-order valence-electron chi connectivity index (χ1n) is 8.55. The summed E-state index contributed by atoms with van der Waals surface area (Å²) in [6.07, 6.45) is 2.75. The average molecular weight is 456 g/mol. The van der Waals surface area contributed by atoms with Crippen molar-refractivity contribution < 1.29 is 22.9 Å². The van der Waals surface area contributed by atoms with E-state index in [-0.39, 0.29) is 18.4 Å². The van der Waals surface area contributed by atoms with Crippen LogP contribution in [0.3, 0.4) is 0 Å². The average Bonchev–Trinajstić information content (AvgIpc) is 3.45. The van der Waals surface area contributed by atoms with Gasteiger partial charge in [0, 0.05) is 11.6 Å². The van der Waals surface area contributed by atoms with Gasteiger partial charge in [-0.25, -0.2) is 4.79 Å². The van der Waals surface area contributed by atoms with Gasteiger partial charge in [-0.2, -0.15) is 0 Å². The van der Waals surface area contributed by atoms with E-state index < -0.39 is 5.97 Å². The summed E-state index contributed by atoms with van der Waals surface area (Å²) in [5, 5.41) is 12.1. The fourth-order valence-electron chi connectivity index (χ4n) is 2.58. The van der Waals surface area contributed by atoms with Crippen molar-refractivity contribution in [2.75, 3.05) is 0 Å². The van der Waals surface area contributed by atoms with Crippen molar-refractivity contribution in [3.63, 3.8) is 0 Å². The monoisotopic (exact) mass is 455 g/mol. The second-order valence-electron chi connectivity index (χ2n) is 5.91. The minimum absolute atomic E-state index is 0.155. The number of hydrogen-bond donors (Lipinski definition) is 0. The normalized spacial score (nSPS) is 11.2. The van der Waals surface area contributed by atoms with Crippen molar-refractivity contribution in [3.8, 4) is 22.7 Å². The van der Waals surface area contributed by atoms with Gasteiger partial charge in [-0.1, -0.05) is 35.5 Å². The number of carbonyl (C=O) groups is 1. The third-order valence-corrected chi connectivity index (χ3v) is 4.33. The Morgan fingerprint density at radius 1 is 1.14 bits per heavy atom. The van der Waals surface area contributed by atoms with Gasteiger partial charge in [0.1, 0.15) is 22.8 Å². The molecule has 0 saturated heterocycles. The fourth-order valence-corrected chi connectivity index (χ4v) is 2.90. The van der Waals surface area contributed by atoms with E-state index in [1.807, 2.05) is 30.3 Å². The Bertz CT molecular complexity index is 1160. The zero-order valence-electron chi connectivity index (χ0n) is 15.2. The lowest BCUT2D eigenvalue weighted by molar-refractivity contribution is -0.139. The molecular weight excluding hydrogens is 442 g/mol. The Hall–Kier alpha value is -3.46. The van der Waals surface area contributed by atoms with Crippen LogP contribution in [0.5, 0.6) is 0 Å². The number of carbonyl (C=O) groups excluding carboxylic acids is 1. The molecule has 0 aliphatic heterocycles. The lowest BCUT2D eigenvalue weighted by Gasteiger charge is -1.98. The highest BCUT2D eigenvalue weighted by Gasteiger charge is 2.22. The summed E-state index contributed by atoms with van der Waals surface area (Å²) in [5.41, 5.74) is 2.06. The van der Waals surface area contributed by atoms with Gasteiger partial charge in [0.25, 0.3) is 11.8 Å². The quantitative estimate of drug-likeness (QED) is 0.301. The van der Waals surface area contributed by atoms with Crippen LogP contribution in [0.2, 0.25) is 0 Å². The van der Waals surface area contributed by atoms with Crippen LogP contribution in [-0.2, 0) is 16.1 Å². The van der Waals surface area contributed by atoms with Gasteiger partial charge in [-0.05, 0) is 41.1 Å². The van der Waals surface area contributed by atoms with Crippen molar-refractivity contribution in [2.24, 2.45) is 0 Å². The summed E-state index contributed by atoms with van der Waals surface area (Å²) in [6.45, 7) is 1.60. The molecule has 4 rings (SSSR count). The molecule has 146 valence electrons. The highest BCUT2D eigenvalue weighted by atomic mass is 79.9. The van der Waals surface area contributed by atoms with Crippen LogP contribution >= 0.6 is 15.9 Å². The van der Waals surface area contributed by atoms with Crippen LogP contribution in [0.1, 0.15) is 17.4 Å². The molecule has 0 spiro atoms. The van der Waals surface area contributed by atoms with Gasteiger partial charge in [-0.3, -0.25) is 0 Å². The Balaban J connectivity index is 1.45. The number of hydrogen-bond acceptors (Lipinski definition) is 8. The first-order valence-corrected chi connectivity index (χ1v) is 9.34. The molecule has 0 saturated carbocycles. The van der Waals surface area contributed by atoms with Crippen molar-refractivity contribution in [2.45, 2.75) is 13.5 Å². The topological polar surface area (TPSA) is 104 Å². The smallest absolute Gasteiger partial charge is 0.331 e. The molecule has 0 radical (unpaired) electrons. The standard InChI is InChI=1S/C20H14BrN3O5/c1-12-18(19(24-29-12)13-5-3-2-4-6-13)20-23-22-16(28-20)11-26-17(25)10-8-14-7-9-15(21)27-14/h2-10H,11H2,1H3/b10-8+. The Labute approximate surface area is 173 Å². The number of nitrogens with zero attached hydrogens (tertiary/aromatic N) is 3. The van der Waals surface area contributed by atoms with Gasteiger partial charge < -0.3 is 18.1 Å². The van der Waals surface area contributed by atoms with E-state index in [0.717, 1.165) is 5.56 Å². The van der Waals surface area contributed by atoms with Crippen LogP contribution < -0.4 is 0 Å². The van der Waals surface area contributed by atoms with Gasteiger partial charge in [0.15, 0.2) is 11.3 Å². The molecule has 1 aromatic carbocycles. The first-order chi connectivity index (χ1) is 14.1. The third-order valence-electron chi connectivity index (χ3n) is 3.91. The van der Waals surface area contributed by atoms with Crippen LogP contribution in [-0.4, -0.2) is 21.3 Å². The summed E-state index contributed by atoms with van der Waals surface area (Å²) in [5.74, 6) is 0.893. The number of esters is 1. The molecule has 0 atom stereocenters. The van der Waals surface area contributed by atoms with E-state index >= 15 is 0 Å². The molecular formula is C20H14BrN3O5. The summed E-state index contributed by atoms with van der Waals surface area (Å²) in [6, 6.07) is 13.0. The van der Waals surface area contributed by atoms with Crippen LogP contribution in [0.15, 0.2) is 66.6 Å². The highest BCUT2D eigenvalue weighted by molar-refractivity contribution is 9.10. The molecule has 9 heteroatoms. The van der Waals surface area contributed by atoms with E-state index in [4.69, 9.17) is 18.1 Å². The van der Waals surface area contributed by atoms with Crippen molar-refractivity contribution in [3.05, 3.63) is 70.6 Å². The largest absolute Gasteiger partial charge is 0.452 e. The van der Waals surface area contributed by atoms with Crippen LogP contribution in [0, 0.1) is 6.92 Å². The maximum atomic E-state index is 11.8. The highest BCUT2D eigenvalue weighted by Crippen LogP contribution is 2.33. The summed E-state index contributed by atoms with van der Waals surface area (Å²) >= 11 is 3.19. The lowest BCUT2D eigenvalue weighted by atomic mass is 10.1. The molecule has 0 N–H and O–H groups in total. The third kappa shape index (κ3) is 4.35. The van der Waals surface area contributed by atoms with Gasteiger partial charge in [0.05, 0.1) is 0 Å². The zero-order valence-corrected chi connectivity index (χ0v) is 16.8. The maximum absolute atomic E-state index is 11.8. The molecule has 3 aromatic heterocycles. The van der Waals surface area contributed by atoms with Crippen molar-refractivity contribution in [1.29, 1.82) is 0 Å². The van der Waals surface area contributed by atoms with Crippen molar-refractivity contribution >= 4 is 28.0 Å². The number of aromatic nitrogens is 3. The molecule has 0 aliphatic carbocycles. The number of ether oxygens (including phenoxy) is 1. The first kappa shape index (κ1) is 18.9. The van der Waals surface area contributed by atoms with Gasteiger partial charge in [-0.15, -0.1) is 10.2 Å². The predicted molar refractivity (Wildman–Crippen MR) is 105 cm³/mol. The minimum Gasteiger partial charge on any atom is -0.452 e. The summed E-state index contributed by atoms with van der Waals surface area (Å²) in [7, 11) is 0. The lowest BCUT2D eigenvalue weighted by Crippen LogP contribution is -2.00. The van der Waals surface area contributed by atoms with E-state index in [9.17, 15) is 4.79 Å². The Morgan fingerprint density at radius 3 is 2.72 bits per heavy atom. The van der Waals surface area contributed by atoms with E-state index in [1.54, 1.807) is 19.1 Å². The fraction of sp³-hybridized carbons (Fsp3) is 0.100. The molecule has 8 nitrogen and oxygen atoms in total. The summed E-state index contributed by atoms with van der Waals surface area (Å²) in [4.78, 5) is 11.8. The van der Waals surface area contributed by atoms with Gasteiger partial charge >= 0.3 is 5.97 Å². The Morgan fingerprint density at radius 2 is 1.97 bits per heavy atom. The molecule has 0 fully saturated rings. The molecule has 4 aromatic rings. The molecule has 0 amide bonds. The molecule has 0 unspecified atom stereocenters. The SMILES string of the molecule is Cc1onc(-c2ccccc2)c1-c1nnc(COC(=O)/C=C/c2ccc(Br)o2)o1. The minimum atomic E-state index is -0.566. The molecule has 3 heterocycles. The predicted octanol–water partition coefficient (Wildman–Crippen LogP) is 4.81. The maximum Gasteiger partial charge on any atom is 0.331 e. The zero-order chi connectivity index (χ0) is 20.2. The summed E-state index contributed by atoms with van der Waals surface area (Å²) < 4.78 is 21.9. The number of halogens is 1. The molecule has 0 aliphatic rings. The number of aryl methyl sites for hydroxylation is 1. The number of furan rings is 1. The second-order valence-corrected chi connectivity index (χ2v) is 6.69. The Kier molecular flexibility index (Phi) is 5.39. The molecule has 29 heavy (non-hydrogen) atoms. The number of rotatable bonds is 6.